The van der Waals surface area contributed by atoms with Gasteiger partial charge in [0, 0.05) is 22.3 Å². The van der Waals surface area contributed by atoms with Crippen LogP contribution in [0.25, 0.3) is 44.8 Å². The van der Waals surface area contributed by atoms with E-state index >= 15 is 0 Å². The highest BCUT2D eigenvalue weighted by molar-refractivity contribution is 5.98. The first kappa shape index (κ1) is 18.8. The fraction of sp³-hybridized carbons (Fsp3) is 0. The Kier molecular flexibility index (Phi) is 5.04. The molecule has 0 fully saturated rings. The molecule has 31 heavy (non-hydrogen) atoms. The molecule has 0 amide bonds. The number of hydrogen-bond donors (Lipinski definition) is 1. The Morgan fingerprint density at radius 2 is 0.742 bits per heavy atom. The van der Waals surface area contributed by atoms with E-state index in [9.17, 15) is 5.11 Å². The van der Waals surface area contributed by atoms with Crippen LogP contribution in [0.15, 0.2) is 121 Å². The third kappa shape index (κ3) is 3.60. The molecule has 0 radical (unpaired) electrons. The van der Waals surface area contributed by atoms with Crippen molar-refractivity contribution in [2.24, 2.45) is 0 Å². The zero-order valence-electron chi connectivity index (χ0n) is 16.9. The largest absolute Gasteiger partial charge is 0.505 e. The summed E-state index contributed by atoms with van der Waals surface area (Å²) in [6.45, 7) is 0. The van der Waals surface area contributed by atoms with Gasteiger partial charge in [-0.1, -0.05) is 121 Å². The number of aromatic nitrogens is 1. The highest BCUT2D eigenvalue weighted by atomic mass is 16.3. The Hall–Kier alpha value is -4.17. The molecule has 0 aliphatic carbocycles. The van der Waals surface area contributed by atoms with Crippen LogP contribution in [0, 0.1) is 0 Å². The molecule has 2 nitrogen and oxygen atoms in total. The maximum absolute atomic E-state index is 11.5. The smallest absolute Gasteiger partial charge is 0.150 e. The van der Waals surface area contributed by atoms with Crippen LogP contribution in [-0.2, 0) is 0 Å². The number of hydrogen-bond acceptors (Lipinski definition) is 2. The topological polar surface area (TPSA) is 33.1 Å². The molecule has 1 heterocycles. The molecule has 0 saturated carbocycles. The van der Waals surface area contributed by atoms with E-state index in [0.717, 1.165) is 39.1 Å². The van der Waals surface area contributed by atoms with Crippen molar-refractivity contribution in [2.75, 3.05) is 0 Å². The van der Waals surface area contributed by atoms with Gasteiger partial charge in [-0.25, -0.2) is 4.98 Å². The summed E-state index contributed by atoms with van der Waals surface area (Å²) in [5.74, 6) is 0.191. The second-order valence-electron chi connectivity index (χ2n) is 7.37. The fourth-order valence-electron chi connectivity index (χ4n) is 3.95. The summed E-state index contributed by atoms with van der Waals surface area (Å²) in [6.07, 6.45) is 0. The molecular formula is C29H21NO. The van der Waals surface area contributed by atoms with Gasteiger partial charge in [0.1, 0.15) is 11.4 Å². The Bertz CT molecular complexity index is 1300. The van der Waals surface area contributed by atoms with E-state index in [0.29, 0.717) is 5.69 Å². The predicted octanol–water partition coefficient (Wildman–Crippen LogP) is 7.46. The number of benzene rings is 4. The van der Waals surface area contributed by atoms with Crippen LogP contribution in [0.3, 0.4) is 0 Å². The average Bonchev–Trinajstić information content (AvgIpc) is 2.86. The summed E-state index contributed by atoms with van der Waals surface area (Å²) in [5, 5.41) is 11.5. The molecule has 1 N–H and O–H groups in total. The minimum Gasteiger partial charge on any atom is -0.505 e. The van der Waals surface area contributed by atoms with Crippen molar-refractivity contribution in [3.8, 4) is 50.5 Å². The third-order valence-corrected chi connectivity index (χ3v) is 5.39. The Labute approximate surface area is 182 Å². The van der Waals surface area contributed by atoms with Crippen molar-refractivity contribution >= 4 is 0 Å². The SMILES string of the molecule is Oc1c(-c2ccccc2)nc(-c2ccccc2)c(-c2ccccc2)c1-c1ccccc1. The fourth-order valence-corrected chi connectivity index (χ4v) is 3.95. The lowest BCUT2D eigenvalue weighted by molar-refractivity contribution is 0.477. The van der Waals surface area contributed by atoms with Gasteiger partial charge in [0.2, 0.25) is 0 Å². The molecule has 1 aromatic heterocycles. The van der Waals surface area contributed by atoms with Crippen molar-refractivity contribution in [2.45, 2.75) is 0 Å². The first-order valence-corrected chi connectivity index (χ1v) is 10.3. The van der Waals surface area contributed by atoms with Gasteiger partial charge in [-0.3, -0.25) is 0 Å². The van der Waals surface area contributed by atoms with Crippen LogP contribution in [-0.4, -0.2) is 10.1 Å². The quantitative estimate of drug-likeness (QED) is 0.340. The first-order valence-electron chi connectivity index (χ1n) is 10.3. The molecule has 148 valence electrons. The highest BCUT2D eigenvalue weighted by Gasteiger charge is 2.23. The Balaban J connectivity index is 1.93. The maximum Gasteiger partial charge on any atom is 0.150 e. The lowest BCUT2D eigenvalue weighted by atomic mass is 9.89. The second kappa shape index (κ2) is 8.29. The van der Waals surface area contributed by atoms with Gasteiger partial charge in [0.25, 0.3) is 0 Å². The highest BCUT2D eigenvalue weighted by Crippen LogP contribution is 2.47. The Morgan fingerprint density at radius 3 is 1.19 bits per heavy atom. The molecule has 0 saturated heterocycles. The van der Waals surface area contributed by atoms with Crippen LogP contribution in [0.4, 0.5) is 0 Å². The molecule has 0 spiro atoms. The number of pyridine rings is 1. The summed E-state index contributed by atoms with van der Waals surface area (Å²) in [4.78, 5) is 5.03. The summed E-state index contributed by atoms with van der Waals surface area (Å²) in [5.41, 5.74) is 7.01. The van der Waals surface area contributed by atoms with Gasteiger partial charge in [0.05, 0.1) is 5.69 Å². The summed E-state index contributed by atoms with van der Waals surface area (Å²) in [6, 6.07) is 40.2. The molecule has 0 unspecified atom stereocenters. The standard InChI is InChI=1S/C29H21NO/c31-29-26(22-15-7-2-8-16-22)25(21-13-5-1-6-14-21)27(23-17-9-3-10-18-23)30-28(29)24-19-11-4-12-20-24/h1-20,31H. The monoisotopic (exact) mass is 399 g/mol. The minimum absolute atomic E-state index is 0.191. The van der Waals surface area contributed by atoms with E-state index in [1.54, 1.807) is 0 Å². The van der Waals surface area contributed by atoms with Crippen LogP contribution in [0.5, 0.6) is 5.75 Å². The lowest BCUT2D eigenvalue weighted by Crippen LogP contribution is -1.98. The molecule has 0 atom stereocenters. The molecule has 0 bridgehead atoms. The van der Waals surface area contributed by atoms with Gasteiger partial charge in [-0.2, -0.15) is 0 Å². The average molecular weight is 399 g/mol. The zero-order valence-corrected chi connectivity index (χ0v) is 16.9. The number of nitrogens with zero attached hydrogens (tertiary/aromatic N) is 1. The first-order chi connectivity index (χ1) is 15.3. The van der Waals surface area contributed by atoms with Gasteiger partial charge < -0.3 is 5.11 Å². The second-order valence-corrected chi connectivity index (χ2v) is 7.37. The molecule has 4 aromatic carbocycles. The van der Waals surface area contributed by atoms with Crippen molar-refractivity contribution < 1.29 is 5.11 Å². The van der Waals surface area contributed by atoms with Gasteiger partial charge in [-0.05, 0) is 11.1 Å². The van der Waals surface area contributed by atoms with E-state index in [2.05, 4.69) is 24.3 Å². The minimum atomic E-state index is 0.191. The van der Waals surface area contributed by atoms with Crippen molar-refractivity contribution in [3.05, 3.63) is 121 Å². The molecule has 0 aliphatic heterocycles. The molecular weight excluding hydrogens is 378 g/mol. The summed E-state index contributed by atoms with van der Waals surface area (Å²) < 4.78 is 0. The van der Waals surface area contributed by atoms with E-state index < -0.39 is 0 Å². The van der Waals surface area contributed by atoms with Crippen LogP contribution < -0.4 is 0 Å². The van der Waals surface area contributed by atoms with E-state index in [4.69, 9.17) is 4.98 Å². The zero-order chi connectivity index (χ0) is 21.0. The van der Waals surface area contributed by atoms with Crippen LogP contribution >= 0.6 is 0 Å². The van der Waals surface area contributed by atoms with Gasteiger partial charge in [-0.15, -0.1) is 0 Å². The summed E-state index contributed by atoms with van der Waals surface area (Å²) >= 11 is 0. The lowest BCUT2D eigenvalue weighted by Gasteiger charge is -2.20. The van der Waals surface area contributed by atoms with Crippen molar-refractivity contribution in [3.63, 3.8) is 0 Å². The predicted molar refractivity (Wildman–Crippen MR) is 128 cm³/mol. The van der Waals surface area contributed by atoms with Gasteiger partial charge in [0.15, 0.2) is 0 Å². The van der Waals surface area contributed by atoms with E-state index in [1.165, 1.54) is 0 Å². The Morgan fingerprint density at radius 1 is 0.387 bits per heavy atom. The van der Waals surface area contributed by atoms with Crippen molar-refractivity contribution in [1.29, 1.82) is 0 Å². The normalized spacial score (nSPS) is 10.7. The van der Waals surface area contributed by atoms with E-state index in [1.807, 2.05) is 97.1 Å². The van der Waals surface area contributed by atoms with E-state index in [-0.39, 0.29) is 5.75 Å². The molecule has 5 aromatic rings. The molecule has 5 rings (SSSR count). The molecule has 0 aliphatic rings. The van der Waals surface area contributed by atoms with Crippen LogP contribution in [0.1, 0.15) is 0 Å². The van der Waals surface area contributed by atoms with Crippen molar-refractivity contribution in [1.82, 2.24) is 4.98 Å². The summed E-state index contributed by atoms with van der Waals surface area (Å²) in [7, 11) is 0. The number of aromatic hydroxyl groups is 1. The van der Waals surface area contributed by atoms with Gasteiger partial charge >= 0.3 is 0 Å². The molecule has 2 heteroatoms. The van der Waals surface area contributed by atoms with Crippen LogP contribution in [0.2, 0.25) is 0 Å². The number of rotatable bonds is 4. The maximum atomic E-state index is 11.5. The third-order valence-electron chi connectivity index (χ3n) is 5.39.